The van der Waals surface area contributed by atoms with Crippen LogP contribution in [0, 0.1) is 6.92 Å². The van der Waals surface area contributed by atoms with Gasteiger partial charge in [0, 0.05) is 17.3 Å². The maximum Gasteiger partial charge on any atom is 0.306 e. The normalized spacial score (nSPS) is 10.2. The molecule has 0 atom stereocenters. The van der Waals surface area contributed by atoms with Gasteiger partial charge in [-0.15, -0.1) is 0 Å². The lowest BCUT2D eigenvalue weighted by Gasteiger charge is -2.12. The summed E-state index contributed by atoms with van der Waals surface area (Å²) >= 11 is 6.75. The van der Waals surface area contributed by atoms with E-state index in [2.05, 4.69) is 42.7 Å². The second-order valence-corrected chi connectivity index (χ2v) is 8.14. The second-order valence-electron chi connectivity index (χ2n) is 6.37. The number of nitrogens with one attached hydrogen (secondary N) is 2. The monoisotopic (exact) mass is 540 g/mol. The van der Waals surface area contributed by atoms with Crippen molar-refractivity contribution in [2.45, 2.75) is 26.2 Å². The Morgan fingerprint density at radius 1 is 0.967 bits per heavy atom. The number of carbonyl (C=O) groups excluding carboxylic acids is 3. The average Bonchev–Trinajstić information content (AvgIpc) is 2.70. The number of rotatable bonds is 9. The summed E-state index contributed by atoms with van der Waals surface area (Å²) < 4.78 is 12.2. The van der Waals surface area contributed by atoms with Gasteiger partial charge in [0.15, 0.2) is 6.61 Å². The molecule has 2 N–H and O–H groups in total. The molecule has 0 saturated carbocycles. The third-order valence-electron chi connectivity index (χ3n) is 3.94. The first-order chi connectivity index (χ1) is 14.3. The van der Waals surface area contributed by atoms with Crippen LogP contribution in [0.1, 0.15) is 24.0 Å². The van der Waals surface area contributed by atoms with Crippen molar-refractivity contribution in [2.75, 3.05) is 13.2 Å². The van der Waals surface area contributed by atoms with Gasteiger partial charge in [0.2, 0.25) is 5.91 Å². The lowest BCUT2D eigenvalue weighted by Crippen LogP contribution is -2.44. The minimum absolute atomic E-state index is 0.0714. The molecule has 0 aliphatic heterocycles. The Kier molecular flexibility index (Phi) is 9.82. The number of esters is 1. The maximum atomic E-state index is 11.9. The van der Waals surface area contributed by atoms with Crippen molar-refractivity contribution in [3.63, 3.8) is 0 Å². The Bertz CT molecular complexity index is 867. The Balaban J connectivity index is 1.61. The van der Waals surface area contributed by atoms with Crippen LogP contribution in [0.2, 0.25) is 0 Å². The molecule has 0 radical (unpaired) electrons. The van der Waals surface area contributed by atoms with E-state index in [9.17, 15) is 14.4 Å². The zero-order valence-corrected chi connectivity index (χ0v) is 19.5. The van der Waals surface area contributed by atoms with Gasteiger partial charge in [0.1, 0.15) is 5.75 Å². The molecule has 0 aromatic heterocycles. The van der Waals surface area contributed by atoms with E-state index in [4.69, 9.17) is 9.47 Å². The number of hydrogen-bond acceptors (Lipinski definition) is 5. The molecular formula is C21H22Br2N2O5. The first kappa shape index (κ1) is 23.9. The Labute approximate surface area is 191 Å². The highest BCUT2D eigenvalue weighted by molar-refractivity contribution is 9.11. The fourth-order valence-electron chi connectivity index (χ4n) is 2.46. The van der Waals surface area contributed by atoms with Crippen LogP contribution in [-0.2, 0) is 25.5 Å². The van der Waals surface area contributed by atoms with E-state index < -0.39 is 17.8 Å². The lowest BCUT2D eigenvalue weighted by molar-refractivity contribution is -0.145. The number of carbonyl (C=O) groups is 3. The van der Waals surface area contributed by atoms with Crippen molar-refractivity contribution in [3.8, 4) is 5.75 Å². The van der Waals surface area contributed by atoms with Crippen molar-refractivity contribution in [2.24, 2.45) is 0 Å². The molecular weight excluding hydrogens is 520 g/mol. The van der Waals surface area contributed by atoms with Gasteiger partial charge in [-0.2, -0.15) is 0 Å². The van der Waals surface area contributed by atoms with Gasteiger partial charge >= 0.3 is 5.97 Å². The summed E-state index contributed by atoms with van der Waals surface area (Å²) in [4.78, 5) is 35.3. The van der Waals surface area contributed by atoms with Crippen LogP contribution >= 0.6 is 31.9 Å². The number of benzene rings is 2. The molecule has 2 rings (SSSR count). The third kappa shape index (κ3) is 8.54. The molecule has 30 heavy (non-hydrogen) atoms. The average molecular weight is 542 g/mol. The van der Waals surface area contributed by atoms with Crippen molar-refractivity contribution in [1.82, 2.24) is 10.9 Å². The molecule has 9 heteroatoms. The molecule has 7 nitrogen and oxygen atoms in total. The predicted octanol–water partition coefficient (Wildman–Crippen LogP) is 3.61. The van der Waals surface area contributed by atoms with Crippen LogP contribution in [0.4, 0.5) is 0 Å². The second kappa shape index (κ2) is 12.3. The highest BCUT2D eigenvalue weighted by Gasteiger charge is 2.12. The van der Waals surface area contributed by atoms with Crippen LogP contribution in [0.5, 0.6) is 5.75 Å². The van der Waals surface area contributed by atoms with Gasteiger partial charge in [-0.3, -0.25) is 25.2 Å². The van der Waals surface area contributed by atoms with Crippen LogP contribution in [0.25, 0.3) is 0 Å². The highest BCUT2D eigenvalue weighted by Crippen LogP contribution is 2.32. The first-order valence-corrected chi connectivity index (χ1v) is 10.8. The zero-order valence-electron chi connectivity index (χ0n) is 16.4. The summed E-state index contributed by atoms with van der Waals surface area (Å²) in [5.41, 5.74) is 6.41. The van der Waals surface area contributed by atoms with E-state index in [1.165, 1.54) is 0 Å². The van der Waals surface area contributed by atoms with Gasteiger partial charge in [-0.1, -0.05) is 46.3 Å². The predicted molar refractivity (Wildman–Crippen MR) is 119 cm³/mol. The van der Waals surface area contributed by atoms with Gasteiger partial charge in [0.25, 0.3) is 5.91 Å². The minimum atomic E-state index is -0.525. The molecule has 0 fully saturated rings. The van der Waals surface area contributed by atoms with Crippen LogP contribution in [0.3, 0.4) is 0 Å². The molecule has 2 aromatic rings. The molecule has 0 aliphatic rings. The molecule has 0 spiro atoms. The summed E-state index contributed by atoms with van der Waals surface area (Å²) in [6.45, 7) is 1.83. The molecule has 0 saturated heterocycles. The molecule has 0 unspecified atom stereocenters. The van der Waals surface area contributed by atoms with Crippen molar-refractivity contribution in [3.05, 3.63) is 62.5 Å². The molecule has 0 heterocycles. The lowest BCUT2D eigenvalue weighted by atomic mass is 10.2. The topological polar surface area (TPSA) is 93.7 Å². The summed E-state index contributed by atoms with van der Waals surface area (Å²) in [6, 6.07) is 13.3. The number of ether oxygens (including phenoxy) is 2. The molecule has 2 aromatic carbocycles. The molecule has 0 aliphatic carbocycles. The van der Waals surface area contributed by atoms with E-state index in [-0.39, 0.29) is 26.1 Å². The molecule has 2 amide bonds. The van der Waals surface area contributed by atoms with Crippen molar-refractivity contribution in [1.29, 1.82) is 0 Å². The summed E-state index contributed by atoms with van der Waals surface area (Å²) in [7, 11) is 0. The SMILES string of the molecule is Cc1cc(Br)cc(Br)c1OCC(=O)NNC(=O)CCC(=O)OCCc1ccccc1. The van der Waals surface area contributed by atoms with Gasteiger partial charge in [0.05, 0.1) is 17.5 Å². The van der Waals surface area contributed by atoms with Crippen LogP contribution < -0.4 is 15.6 Å². The van der Waals surface area contributed by atoms with Crippen LogP contribution in [0.15, 0.2) is 51.4 Å². The Hall–Kier alpha value is -2.39. The fourth-order valence-corrected chi connectivity index (χ4v) is 4.02. The van der Waals surface area contributed by atoms with Gasteiger partial charge in [-0.05, 0) is 46.1 Å². The number of hydrogen-bond donors (Lipinski definition) is 2. The summed E-state index contributed by atoms with van der Waals surface area (Å²) in [5, 5.41) is 0. The number of halogens is 2. The van der Waals surface area contributed by atoms with E-state index in [0.717, 1.165) is 15.6 Å². The largest absolute Gasteiger partial charge is 0.482 e. The van der Waals surface area contributed by atoms with Crippen molar-refractivity contribution < 1.29 is 23.9 Å². The number of aryl methyl sites for hydroxylation is 1. The third-order valence-corrected chi connectivity index (χ3v) is 4.98. The molecule has 160 valence electrons. The summed E-state index contributed by atoms with van der Waals surface area (Å²) in [5.74, 6) is -0.948. The smallest absolute Gasteiger partial charge is 0.306 e. The fraction of sp³-hybridized carbons (Fsp3) is 0.286. The van der Waals surface area contributed by atoms with E-state index in [1.807, 2.05) is 43.3 Å². The van der Waals surface area contributed by atoms with E-state index in [1.54, 1.807) is 6.07 Å². The molecule has 0 bridgehead atoms. The Morgan fingerprint density at radius 2 is 1.67 bits per heavy atom. The minimum Gasteiger partial charge on any atom is -0.482 e. The first-order valence-electron chi connectivity index (χ1n) is 9.21. The number of amides is 2. The van der Waals surface area contributed by atoms with Crippen LogP contribution in [-0.4, -0.2) is 31.0 Å². The zero-order chi connectivity index (χ0) is 21.9. The quantitative estimate of drug-likeness (QED) is 0.373. The highest BCUT2D eigenvalue weighted by atomic mass is 79.9. The van der Waals surface area contributed by atoms with E-state index >= 15 is 0 Å². The number of hydrazine groups is 1. The van der Waals surface area contributed by atoms with Gasteiger partial charge in [-0.25, -0.2) is 0 Å². The van der Waals surface area contributed by atoms with Gasteiger partial charge < -0.3 is 9.47 Å². The van der Waals surface area contributed by atoms with E-state index in [0.29, 0.717) is 16.6 Å². The Morgan fingerprint density at radius 3 is 2.37 bits per heavy atom. The maximum absolute atomic E-state index is 11.9. The summed E-state index contributed by atoms with van der Waals surface area (Å²) in [6.07, 6.45) is 0.448. The standard InChI is InChI=1S/C21H22Br2N2O5/c1-14-11-16(22)12-17(23)21(14)30-13-19(27)25-24-18(26)7-8-20(28)29-10-9-15-5-3-2-4-6-15/h2-6,11-12H,7-10,13H2,1H3,(H,24,26)(H,25,27). The van der Waals surface area contributed by atoms with Crippen molar-refractivity contribution >= 4 is 49.6 Å².